The molecule has 1 amide bonds. The lowest BCUT2D eigenvalue weighted by Crippen LogP contribution is -2.69. The summed E-state index contributed by atoms with van der Waals surface area (Å²) in [5.41, 5.74) is -5.40. The molecule has 1 N–H and O–H groups in total. The van der Waals surface area contributed by atoms with Gasteiger partial charge in [-0.25, -0.2) is 0 Å². The molecule has 1 aliphatic rings. The minimum atomic E-state index is -6.39. The van der Waals surface area contributed by atoms with E-state index in [9.17, 15) is 57.5 Å². The van der Waals surface area contributed by atoms with Crippen LogP contribution in [-0.4, -0.2) is 61.4 Å². The summed E-state index contributed by atoms with van der Waals surface area (Å²) in [7, 11) is 0. The lowest BCUT2D eigenvalue weighted by Gasteiger charge is -2.38. The van der Waals surface area contributed by atoms with E-state index in [1.54, 1.807) is 0 Å². The van der Waals surface area contributed by atoms with E-state index in [4.69, 9.17) is 0 Å². The topological polar surface area (TPSA) is 56.8 Å². The maximum Gasteiger partial charge on any atom is 0.453 e. The van der Waals surface area contributed by atoms with Crippen LogP contribution in [0.5, 0.6) is 0 Å². The van der Waals surface area contributed by atoms with Crippen LogP contribution in [-0.2, 0) is 19.0 Å². The molecule has 0 aromatic rings. The number of hydrogen-bond donors (Lipinski definition) is 1. The molecule has 5 nitrogen and oxygen atoms in total. The van der Waals surface area contributed by atoms with E-state index in [2.05, 4.69) is 14.2 Å². The van der Waals surface area contributed by atoms with Crippen LogP contribution in [0, 0.1) is 0 Å². The normalized spacial score (nSPS) is 21.3. The fourth-order valence-electron chi connectivity index (χ4n) is 2.06. The molecule has 0 radical (unpaired) electrons. The third-order valence-electron chi connectivity index (χ3n) is 3.47. The Morgan fingerprint density at radius 3 is 1.72 bits per heavy atom. The summed E-state index contributed by atoms with van der Waals surface area (Å²) in [6.07, 6.45) is -28.8. The number of rotatable bonds is 5. The van der Waals surface area contributed by atoms with Crippen LogP contribution in [0.1, 0.15) is 13.3 Å². The van der Waals surface area contributed by atoms with Crippen molar-refractivity contribution in [2.75, 3.05) is 13.2 Å². The summed E-state index contributed by atoms with van der Waals surface area (Å²) in [4.78, 5) is 11.1. The number of ether oxygens (including phenoxy) is 3. The standard InChI is InChI=1S/C12H11F12NO4/c1-2-6(26)25-7(9(13,14)15,10(16,17)18)27-3-5-4-28-8(29-5,11(19,20)21)12(22,23)24/h5H,2-4H2,1H3,(H,25,26). The van der Waals surface area contributed by atoms with Gasteiger partial charge in [-0.15, -0.1) is 0 Å². The molecule has 0 bridgehead atoms. The van der Waals surface area contributed by atoms with Crippen molar-refractivity contribution in [2.45, 2.75) is 55.7 Å². The predicted molar refractivity (Wildman–Crippen MR) is 64.9 cm³/mol. The average Bonchev–Trinajstić information content (AvgIpc) is 2.93. The van der Waals surface area contributed by atoms with Crippen molar-refractivity contribution in [1.29, 1.82) is 0 Å². The van der Waals surface area contributed by atoms with E-state index < -0.39 is 67.9 Å². The van der Waals surface area contributed by atoms with Gasteiger partial charge in [0.2, 0.25) is 5.91 Å². The van der Waals surface area contributed by atoms with E-state index in [0.29, 0.717) is 5.32 Å². The zero-order valence-electron chi connectivity index (χ0n) is 13.9. The van der Waals surface area contributed by atoms with Gasteiger partial charge in [-0.1, -0.05) is 6.92 Å². The molecule has 0 aliphatic carbocycles. The summed E-state index contributed by atoms with van der Waals surface area (Å²) in [6.45, 7) is -2.91. The first kappa shape index (κ1) is 25.5. The van der Waals surface area contributed by atoms with Gasteiger partial charge < -0.3 is 19.5 Å². The SMILES string of the molecule is CCC(=O)NC(OCC1COC(C(F)(F)F)(C(F)(F)F)O1)(C(F)(F)F)C(F)(F)F. The number of alkyl halides is 12. The van der Waals surface area contributed by atoms with Gasteiger partial charge in [0.05, 0.1) is 13.2 Å². The van der Waals surface area contributed by atoms with Crippen molar-refractivity contribution >= 4 is 5.91 Å². The molecule has 1 atom stereocenters. The number of carbonyl (C=O) groups is 1. The molecule has 1 fully saturated rings. The number of hydrogen-bond acceptors (Lipinski definition) is 4. The highest BCUT2D eigenvalue weighted by Crippen LogP contribution is 2.50. The van der Waals surface area contributed by atoms with Crippen LogP contribution in [0.25, 0.3) is 0 Å². The minimum absolute atomic E-state index is 0.513. The second kappa shape index (κ2) is 7.64. The maximum atomic E-state index is 13.1. The molecule has 17 heteroatoms. The number of nitrogens with one attached hydrogen (secondary N) is 1. The molecular weight excluding hydrogens is 450 g/mol. The van der Waals surface area contributed by atoms with E-state index >= 15 is 0 Å². The first-order valence-electron chi connectivity index (χ1n) is 7.27. The van der Waals surface area contributed by atoms with Crippen LogP contribution in [0.4, 0.5) is 52.7 Å². The van der Waals surface area contributed by atoms with E-state index in [1.165, 1.54) is 0 Å². The van der Waals surface area contributed by atoms with Crippen LogP contribution < -0.4 is 5.32 Å². The Balaban J connectivity index is 3.18. The van der Waals surface area contributed by atoms with Crippen LogP contribution in [0.15, 0.2) is 0 Å². The van der Waals surface area contributed by atoms with Crippen molar-refractivity contribution in [3.63, 3.8) is 0 Å². The molecule has 0 aromatic carbocycles. The molecule has 1 aliphatic heterocycles. The van der Waals surface area contributed by atoms with E-state index in [1.807, 2.05) is 0 Å². The second-order valence-corrected chi connectivity index (χ2v) is 5.55. The molecule has 0 spiro atoms. The molecule has 0 aromatic heterocycles. The van der Waals surface area contributed by atoms with Crippen LogP contribution in [0.3, 0.4) is 0 Å². The summed E-state index contributed by atoms with van der Waals surface area (Å²) >= 11 is 0. The quantitative estimate of drug-likeness (QED) is 0.503. The monoisotopic (exact) mass is 461 g/mol. The zero-order chi connectivity index (χ0) is 23.1. The first-order chi connectivity index (χ1) is 12.7. The lowest BCUT2D eigenvalue weighted by atomic mass is 10.1. The Morgan fingerprint density at radius 2 is 1.41 bits per heavy atom. The highest BCUT2D eigenvalue weighted by atomic mass is 19.4. The van der Waals surface area contributed by atoms with Crippen LogP contribution >= 0.6 is 0 Å². The Morgan fingerprint density at radius 1 is 0.966 bits per heavy atom. The van der Waals surface area contributed by atoms with E-state index in [0.717, 1.165) is 6.92 Å². The lowest BCUT2D eigenvalue weighted by molar-refractivity contribution is -0.445. The fraction of sp³-hybridized carbons (Fsp3) is 0.917. The number of amides is 1. The Labute approximate surface area is 153 Å². The Bertz CT molecular complexity index is 566. The van der Waals surface area contributed by atoms with Crippen molar-refractivity contribution < 1.29 is 71.7 Å². The van der Waals surface area contributed by atoms with Crippen LogP contribution in [0.2, 0.25) is 0 Å². The summed E-state index contributed by atoms with van der Waals surface area (Å²) in [5.74, 6) is -7.08. The largest absolute Gasteiger partial charge is 0.453 e. The highest BCUT2D eigenvalue weighted by Gasteiger charge is 2.78. The van der Waals surface area contributed by atoms with Gasteiger partial charge >= 0.3 is 36.2 Å². The molecule has 1 rings (SSSR count). The molecule has 172 valence electrons. The van der Waals surface area contributed by atoms with Gasteiger partial charge in [0.1, 0.15) is 6.10 Å². The predicted octanol–water partition coefficient (Wildman–Crippen LogP) is 3.59. The smallest absolute Gasteiger partial charge is 0.338 e. The number of carbonyl (C=O) groups excluding carboxylic acids is 1. The Kier molecular flexibility index (Phi) is 6.73. The highest BCUT2D eigenvalue weighted by molar-refractivity contribution is 5.76. The summed E-state index contributed by atoms with van der Waals surface area (Å²) in [5, 5.41) is 0.513. The molecule has 1 heterocycles. The molecule has 29 heavy (non-hydrogen) atoms. The summed E-state index contributed by atoms with van der Waals surface area (Å²) < 4.78 is 166. The van der Waals surface area contributed by atoms with Gasteiger partial charge in [0.25, 0.3) is 0 Å². The fourth-order valence-corrected chi connectivity index (χ4v) is 2.06. The minimum Gasteiger partial charge on any atom is -0.338 e. The van der Waals surface area contributed by atoms with Crippen molar-refractivity contribution in [3.05, 3.63) is 0 Å². The maximum absolute atomic E-state index is 13.1. The molecule has 1 saturated heterocycles. The van der Waals surface area contributed by atoms with Crippen molar-refractivity contribution in [2.24, 2.45) is 0 Å². The van der Waals surface area contributed by atoms with Crippen molar-refractivity contribution in [1.82, 2.24) is 5.32 Å². The molecular formula is C12H11F12NO4. The van der Waals surface area contributed by atoms with Gasteiger partial charge in [0, 0.05) is 6.42 Å². The van der Waals surface area contributed by atoms with Gasteiger partial charge in [-0.3, -0.25) is 4.79 Å². The van der Waals surface area contributed by atoms with Gasteiger partial charge in [-0.2, -0.15) is 52.7 Å². The van der Waals surface area contributed by atoms with Gasteiger partial charge in [-0.05, 0) is 0 Å². The average molecular weight is 461 g/mol. The van der Waals surface area contributed by atoms with Gasteiger partial charge in [0.15, 0.2) is 0 Å². The number of halogens is 12. The van der Waals surface area contributed by atoms with E-state index in [-0.39, 0.29) is 0 Å². The first-order valence-corrected chi connectivity index (χ1v) is 7.27. The Hall–Kier alpha value is -1.49. The van der Waals surface area contributed by atoms with Crippen molar-refractivity contribution in [3.8, 4) is 0 Å². The molecule has 1 unspecified atom stereocenters. The summed E-state index contributed by atoms with van der Waals surface area (Å²) in [6, 6.07) is 0. The third-order valence-corrected chi connectivity index (χ3v) is 3.47. The molecule has 0 saturated carbocycles. The second-order valence-electron chi connectivity index (χ2n) is 5.55. The third kappa shape index (κ3) is 4.65. The zero-order valence-corrected chi connectivity index (χ0v) is 13.9.